The summed E-state index contributed by atoms with van der Waals surface area (Å²) in [6.45, 7) is 4.56. The fraction of sp³-hybridized carbons (Fsp3) is 0.462. The lowest BCUT2D eigenvalue weighted by molar-refractivity contribution is 0.171. The summed E-state index contributed by atoms with van der Waals surface area (Å²) in [5.41, 5.74) is 1.15. The Morgan fingerprint density at radius 2 is 1.94 bits per heavy atom. The van der Waals surface area contributed by atoms with Crippen LogP contribution in [-0.2, 0) is 11.2 Å². The van der Waals surface area contributed by atoms with Crippen molar-refractivity contribution in [2.75, 3.05) is 13.7 Å². The van der Waals surface area contributed by atoms with Gasteiger partial charge in [-0.1, -0.05) is 12.1 Å². The van der Waals surface area contributed by atoms with E-state index in [-0.39, 0.29) is 6.10 Å². The molecule has 1 N–H and O–H groups in total. The molecule has 1 aromatic rings. The van der Waals surface area contributed by atoms with Crippen LogP contribution in [-0.4, -0.2) is 25.9 Å². The molecule has 0 unspecified atom stereocenters. The Balaban J connectivity index is 2.37. The maximum atomic E-state index is 10.8. The van der Waals surface area contributed by atoms with Gasteiger partial charge < -0.3 is 14.8 Å². The number of methoxy groups -OCH3 is 1. The van der Waals surface area contributed by atoms with Crippen molar-refractivity contribution >= 4 is 6.09 Å². The highest BCUT2D eigenvalue weighted by atomic mass is 16.5. The summed E-state index contributed by atoms with van der Waals surface area (Å²) in [6.07, 6.45) is 0.559. The molecule has 4 nitrogen and oxygen atoms in total. The van der Waals surface area contributed by atoms with Crippen LogP contribution in [0, 0.1) is 0 Å². The van der Waals surface area contributed by atoms with E-state index in [1.165, 1.54) is 7.11 Å². The smallest absolute Gasteiger partial charge is 0.406 e. The van der Waals surface area contributed by atoms with Crippen LogP contribution >= 0.6 is 0 Å². The highest BCUT2D eigenvalue weighted by molar-refractivity contribution is 5.66. The van der Waals surface area contributed by atoms with E-state index in [2.05, 4.69) is 10.1 Å². The van der Waals surface area contributed by atoms with Gasteiger partial charge in [0.2, 0.25) is 0 Å². The molecule has 0 aliphatic heterocycles. The molecule has 1 amide bonds. The maximum absolute atomic E-state index is 10.8. The number of amides is 1. The zero-order chi connectivity index (χ0) is 12.7. The van der Waals surface area contributed by atoms with E-state index < -0.39 is 6.09 Å². The topological polar surface area (TPSA) is 47.6 Å². The molecule has 1 rings (SSSR count). The zero-order valence-corrected chi connectivity index (χ0v) is 10.5. The van der Waals surface area contributed by atoms with Crippen LogP contribution in [0.3, 0.4) is 0 Å². The SMILES string of the molecule is COC(=O)NCCc1ccc(OC(C)C)cc1. The minimum atomic E-state index is -0.398. The number of rotatable bonds is 5. The Morgan fingerprint density at radius 3 is 2.47 bits per heavy atom. The second-order valence-electron chi connectivity index (χ2n) is 3.98. The number of hydrogen-bond donors (Lipinski definition) is 1. The number of ether oxygens (including phenoxy) is 2. The Bertz CT molecular complexity index is 346. The number of nitrogens with one attached hydrogen (secondary N) is 1. The fourth-order valence-electron chi connectivity index (χ4n) is 1.39. The Kier molecular flexibility index (Phi) is 5.33. The molecule has 17 heavy (non-hydrogen) atoms. The molecule has 0 aliphatic rings. The highest BCUT2D eigenvalue weighted by Gasteiger charge is 2.00. The van der Waals surface area contributed by atoms with Gasteiger partial charge in [-0.2, -0.15) is 0 Å². The van der Waals surface area contributed by atoms with E-state index in [1.54, 1.807) is 0 Å². The summed E-state index contributed by atoms with van der Waals surface area (Å²) >= 11 is 0. The number of carbonyl (C=O) groups excluding carboxylic acids is 1. The molecular formula is C13H19NO3. The van der Waals surface area contributed by atoms with E-state index >= 15 is 0 Å². The van der Waals surface area contributed by atoms with Crippen molar-refractivity contribution in [1.29, 1.82) is 0 Å². The average molecular weight is 237 g/mol. The zero-order valence-electron chi connectivity index (χ0n) is 10.5. The van der Waals surface area contributed by atoms with Gasteiger partial charge in [-0.25, -0.2) is 4.79 Å². The first kappa shape index (κ1) is 13.4. The predicted molar refractivity (Wildman–Crippen MR) is 66.3 cm³/mol. The third-order valence-electron chi connectivity index (χ3n) is 2.16. The summed E-state index contributed by atoms with van der Waals surface area (Å²) in [7, 11) is 1.35. The van der Waals surface area contributed by atoms with Crippen molar-refractivity contribution < 1.29 is 14.3 Å². The van der Waals surface area contributed by atoms with Crippen molar-refractivity contribution in [3.8, 4) is 5.75 Å². The summed E-state index contributed by atoms with van der Waals surface area (Å²) in [5.74, 6) is 0.865. The molecule has 0 fully saturated rings. The molecule has 0 saturated heterocycles. The molecule has 0 atom stereocenters. The molecule has 1 aromatic carbocycles. The van der Waals surface area contributed by atoms with Crippen LogP contribution < -0.4 is 10.1 Å². The fourth-order valence-corrected chi connectivity index (χ4v) is 1.39. The third kappa shape index (κ3) is 5.24. The first-order chi connectivity index (χ1) is 8.11. The van der Waals surface area contributed by atoms with Crippen molar-refractivity contribution in [3.05, 3.63) is 29.8 Å². The first-order valence-corrected chi connectivity index (χ1v) is 5.69. The molecule has 0 heterocycles. The van der Waals surface area contributed by atoms with Crippen LogP contribution in [0.1, 0.15) is 19.4 Å². The van der Waals surface area contributed by atoms with Gasteiger partial charge in [0, 0.05) is 6.54 Å². The molecule has 94 valence electrons. The summed E-state index contributed by atoms with van der Waals surface area (Å²) in [6, 6.07) is 7.87. The number of alkyl carbamates (subject to hydrolysis) is 1. The van der Waals surface area contributed by atoms with Crippen molar-refractivity contribution in [2.24, 2.45) is 0 Å². The normalized spacial score (nSPS) is 10.1. The van der Waals surface area contributed by atoms with Crippen LogP contribution in [0.15, 0.2) is 24.3 Å². The Morgan fingerprint density at radius 1 is 1.29 bits per heavy atom. The standard InChI is InChI=1S/C13H19NO3/c1-10(2)17-12-6-4-11(5-7-12)8-9-14-13(15)16-3/h4-7,10H,8-9H2,1-3H3,(H,14,15). The number of hydrogen-bond acceptors (Lipinski definition) is 3. The molecule has 0 radical (unpaired) electrons. The van der Waals surface area contributed by atoms with Gasteiger partial charge >= 0.3 is 6.09 Å². The van der Waals surface area contributed by atoms with E-state index in [0.29, 0.717) is 6.54 Å². The van der Waals surface area contributed by atoms with Gasteiger partial charge in [0.05, 0.1) is 13.2 Å². The predicted octanol–water partition coefficient (Wildman–Crippen LogP) is 2.37. The minimum absolute atomic E-state index is 0.182. The third-order valence-corrected chi connectivity index (χ3v) is 2.16. The Hall–Kier alpha value is -1.71. The molecule has 0 aliphatic carbocycles. The lowest BCUT2D eigenvalue weighted by Gasteiger charge is -2.10. The van der Waals surface area contributed by atoms with Crippen molar-refractivity contribution in [3.63, 3.8) is 0 Å². The second-order valence-corrected chi connectivity index (χ2v) is 3.98. The molecule has 0 bridgehead atoms. The van der Waals surface area contributed by atoms with Gasteiger partial charge in [-0.3, -0.25) is 0 Å². The van der Waals surface area contributed by atoms with Crippen LogP contribution in [0.5, 0.6) is 5.75 Å². The van der Waals surface area contributed by atoms with Gasteiger partial charge in [0.25, 0.3) is 0 Å². The largest absolute Gasteiger partial charge is 0.491 e. The van der Waals surface area contributed by atoms with Gasteiger partial charge in [-0.05, 0) is 38.0 Å². The lowest BCUT2D eigenvalue weighted by atomic mass is 10.1. The molecule has 0 aromatic heterocycles. The summed E-state index contributed by atoms with van der Waals surface area (Å²) in [4.78, 5) is 10.8. The van der Waals surface area contributed by atoms with Gasteiger partial charge in [0.1, 0.15) is 5.75 Å². The molecule has 4 heteroatoms. The van der Waals surface area contributed by atoms with Crippen LogP contribution in [0.4, 0.5) is 4.79 Å². The van der Waals surface area contributed by atoms with Gasteiger partial charge in [0.15, 0.2) is 0 Å². The molecular weight excluding hydrogens is 218 g/mol. The lowest BCUT2D eigenvalue weighted by Crippen LogP contribution is -2.25. The quantitative estimate of drug-likeness (QED) is 0.855. The summed E-state index contributed by atoms with van der Waals surface area (Å²) < 4.78 is 10.0. The van der Waals surface area contributed by atoms with Crippen LogP contribution in [0.25, 0.3) is 0 Å². The van der Waals surface area contributed by atoms with E-state index in [4.69, 9.17) is 4.74 Å². The highest BCUT2D eigenvalue weighted by Crippen LogP contribution is 2.13. The molecule has 0 spiro atoms. The van der Waals surface area contributed by atoms with Crippen LogP contribution in [0.2, 0.25) is 0 Å². The first-order valence-electron chi connectivity index (χ1n) is 5.69. The number of benzene rings is 1. The minimum Gasteiger partial charge on any atom is -0.491 e. The summed E-state index contributed by atoms with van der Waals surface area (Å²) in [5, 5.41) is 2.64. The van der Waals surface area contributed by atoms with Gasteiger partial charge in [-0.15, -0.1) is 0 Å². The van der Waals surface area contributed by atoms with Crippen molar-refractivity contribution in [1.82, 2.24) is 5.32 Å². The Labute approximate surface area is 102 Å². The van der Waals surface area contributed by atoms with Crippen molar-refractivity contribution in [2.45, 2.75) is 26.4 Å². The average Bonchev–Trinajstić information content (AvgIpc) is 2.30. The van der Waals surface area contributed by atoms with E-state index in [9.17, 15) is 4.79 Å². The van der Waals surface area contributed by atoms with E-state index in [0.717, 1.165) is 17.7 Å². The maximum Gasteiger partial charge on any atom is 0.406 e. The second kappa shape index (κ2) is 6.78. The number of carbonyl (C=O) groups is 1. The monoisotopic (exact) mass is 237 g/mol. The van der Waals surface area contributed by atoms with E-state index in [1.807, 2.05) is 38.1 Å². The molecule has 0 saturated carbocycles.